The van der Waals surface area contributed by atoms with Crippen molar-refractivity contribution in [1.29, 1.82) is 0 Å². The first kappa shape index (κ1) is 25.2. The van der Waals surface area contributed by atoms with E-state index in [4.69, 9.17) is 9.47 Å². The van der Waals surface area contributed by atoms with E-state index >= 15 is 0 Å². The Kier molecular flexibility index (Phi) is 11.5. The SMILES string of the molecule is CCOC(=O)N1CCC(NC(=NCC(=O)N(C)C)NCCCOC2CCCCC2)CC1. The number of carbonyl (C=O) groups excluding carboxylic acids is 2. The molecule has 0 spiro atoms. The van der Waals surface area contributed by atoms with Gasteiger partial charge in [0.25, 0.3) is 0 Å². The molecular weight excluding hydrogens is 398 g/mol. The van der Waals surface area contributed by atoms with Crippen LogP contribution in [0.5, 0.6) is 0 Å². The van der Waals surface area contributed by atoms with Crippen LogP contribution in [0.25, 0.3) is 0 Å². The Balaban J connectivity index is 1.76. The molecule has 0 aromatic rings. The number of hydrogen-bond acceptors (Lipinski definition) is 5. The molecule has 1 saturated carbocycles. The van der Waals surface area contributed by atoms with Crippen molar-refractivity contribution in [3.8, 4) is 0 Å². The van der Waals surface area contributed by atoms with Crippen LogP contribution in [0.4, 0.5) is 4.79 Å². The van der Waals surface area contributed by atoms with E-state index in [9.17, 15) is 9.59 Å². The van der Waals surface area contributed by atoms with Crippen LogP contribution in [0.2, 0.25) is 0 Å². The van der Waals surface area contributed by atoms with E-state index in [1.165, 1.54) is 37.0 Å². The maximum Gasteiger partial charge on any atom is 0.409 e. The molecule has 0 aromatic carbocycles. The van der Waals surface area contributed by atoms with Gasteiger partial charge in [-0.2, -0.15) is 0 Å². The van der Waals surface area contributed by atoms with Gasteiger partial charge in [0, 0.05) is 46.4 Å². The number of nitrogens with one attached hydrogen (secondary N) is 2. The molecule has 1 saturated heterocycles. The molecule has 2 fully saturated rings. The minimum absolute atomic E-state index is 0.0427. The largest absolute Gasteiger partial charge is 0.450 e. The summed E-state index contributed by atoms with van der Waals surface area (Å²) in [5, 5.41) is 6.77. The van der Waals surface area contributed by atoms with Gasteiger partial charge in [0.2, 0.25) is 5.91 Å². The zero-order chi connectivity index (χ0) is 22.5. The maximum atomic E-state index is 12.0. The number of piperidine rings is 1. The first-order valence-corrected chi connectivity index (χ1v) is 11.8. The number of ether oxygens (including phenoxy) is 2. The van der Waals surface area contributed by atoms with Crippen molar-refractivity contribution in [2.75, 3.05) is 53.5 Å². The maximum absolute atomic E-state index is 12.0. The number of amides is 2. The van der Waals surface area contributed by atoms with Gasteiger partial charge in [0.1, 0.15) is 6.54 Å². The molecule has 1 aliphatic carbocycles. The van der Waals surface area contributed by atoms with Crippen LogP contribution in [-0.2, 0) is 14.3 Å². The first-order chi connectivity index (χ1) is 15.0. The molecular formula is C22H41N5O4. The monoisotopic (exact) mass is 439 g/mol. The predicted octanol–water partition coefficient (Wildman–Crippen LogP) is 1.97. The molecule has 0 atom stereocenters. The smallest absolute Gasteiger partial charge is 0.409 e. The van der Waals surface area contributed by atoms with Crippen molar-refractivity contribution in [1.82, 2.24) is 20.4 Å². The van der Waals surface area contributed by atoms with Crippen molar-refractivity contribution in [3.63, 3.8) is 0 Å². The number of likely N-dealkylation sites (tertiary alicyclic amines) is 1. The number of aliphatic imine (C=N–C) groups is 1. The van der Waals surface area contributed by atoms with E-state index in [1.807, 2.05) is 6.92 Å². The molecule has 31 heavy (non-hydrogen) atoms. The number of nitrogens with zero attached hydrogens (tertiary/aromatic N) is 3. The van der Waals surface area contributed by atoms with E-state index in [0.717, 1.165) is 32.4 Å². The van der Waals surface area contributed by atoms with Crippen molar-refractivity contribution in [3.05, 3.63) is 0 Å². The molecule has 2 amide bonds. The molecule has 178 valence electrons. The van der Waals surface area contributed by atoms with Gasteiger partial charge in [-0.1, -0.05) is 19.3 Å². The predicted molar refractivity (Wildman–Crippen MR) is 121 cm³/mol. The lowest BCUT2D eigenvalue weighted by atomic mass is 9.98. The summed E-state index contributed by atoms with van der Waals surface area (Å²) in [4.78, 5) is 31.6. The fourth-order valence-electron chi connectivity index (χ4n) is 3.82. The minimum atomic E-state index is -0.248. The molecule has 1 aliphatic heterocycles. The topological polar surface area (TPSA) is 95.5 Å². The Morgan fingerprint density at radius 3 is 2.45 bits per heavy atom. The summed E-state index contributed by atoms with van der Waals surface area (Å²) in [6.45, 7) is 5.07. The van der Waals surface area contributed by atoms with Crippen LogP contribution >= 0.6 is 0 Å². The average Bonchev–Trinajstić information content (AvgIpc) is 2.78. The zero-order valence-corrected chi connectivity index (χ0v) is 19.5. The molecule has 0 bridgehead atoms. The van der Waals surface area contributed by atoms with Gasteiger partial charge in [-0.15, -0.1) is 0 Å². The third-order valence-corrected chi connectivity index (χ3v) is 5.75. The van der Waals surface area contributed by atoms with E-state index in [-0.39, 0.29) is 24.6 Å². The Hall–Kier alpha value is -2.03. The Labute approximate surface area is 186 Å². The molecule has 0 radical (unpaired) electrons. The minimum Gasteiger partial charge on any atom is -0.450 e. The fraction of sp³-hybridized carbons (Fsp3) is 0.864. The molecule has 0 aromatic heterocycles. The highest BCUT2D eigenvalue weighted by Gasteiger charge is 2.24. The van der Waals surface area contributed by atoms with Gasteiger partial charge < -0.3 is 29.9 Å². The third kappa shape index (κ3) is 9.76. The fourth-order valence-corrected chi connectivity index (χ4v) is 3.82. The summed E-state index contributed by atoms with van der Waals surface area (Å²) >= 11 is 0. The van der Waals surface area contributed by atoms with Crippen LogP contribution < -0.4 is 10.6 Å². The van der Waals surface area contributed by atoms with Crippen LogP contribution in [0.15, 0.2) is 4.99 Å². The standard InChI is InChI=1S/C22H41N5O4/c1-4-30-22(29)27-14-11-18(12-15-27)25-21(24-17-20(28)26(2)3)23-13-8-16-31-19-9-6-5-7-10-19/h18-19H,4-17H2,1-3H3,(H2,23,24,25). The van der Waals surface area contributed by atoms with E-state index in [1.54, 1.807) is 19.0 Å². The van der Waals surface area contributed by atoms with Crippen molar-refractivity contribution in [2.45, 2.75) is 70.4 Å². The lowest BCUT2D eigenvalue weighted by molar-refractivity contribution is -0.127. The van der Waals surface area contributed by atoms with Crippen LogP contribution in [-0.4, -0.2) is 93.4 Å². The van der Waals surface area contributed by atoms with Crippen LogP contribution in [0.3, 0.4) is 0 Å². The van der Waals surface area contributed by atoms with Gasteiger partial charge >= 0.3 is 6.09 Å². The van der Waals surface area contributed by atoms with Gasteiger partial charge in [0.05, 0.1) is 12.7 Å². The van der Waals surface area contributed by atoms with Crippen molar-refractivity contribution < 1.29 is 19.1 Å². The van der Waals surface area contributed by atoms with Gasteiger partial charge in [0.15, 0.2) is 5.96 Å². The van der Waals surface area contributed by atoms with Crippen molar-refractivity contribution in [2.24, 2.45) is 4.99 Å². The van der Waals surface area contributed by atoms with Crippen LogP contribution in [0.1, 0.15) is 58.3 Å². The van der Waals surface area contributed by atoms with Gasteiger partial charge in [-0.05, 0) is 39.0 Å². The summed E-state index contributed by atoms with van der Waals surface area (Å²) in [6.07, 6.45) is 8.93. The van der Waals surface area contributed by atoms with Crippen LogP contribution in [0, 0.1) is 0 Å². The molecule has 1 heterocycles. The highest BCUT2D eigenvalue weighted by molar-refractivity contribution is 5.85. The Morgan fingerprint density at radius 1 is 1.10 bits per heavy atom. The number of likely N-dealkylation sites (N-methyl/N-ethyl adjacent to an activating group) is 1. The van der Waals surface area contributed by atoms with E-state index < -0.39 is 0 Å². The second kappa shape index (κ2) is 14.1. The summed E-state index contributed by atoms with van der Waals surface area (Å²) in [7, 11) is 3.46. The van der Waals surface area contributed by atoms with E-state index in [2.05, 4.69) is 15.6 Å². The quantitative estimate of drug-likeness (QED) is 0.324. The average molecular weight is 440 g/mol. The Bertz CT molecular complexity index is 570. The summed E-state index contributed by atoms with van der Waals surface area (Å²) < 4.78 is 11.1. The molecule has 2 rings (SSSR count). The van der Waals surface area contributed by atoms with Gasteiger partial charge in [-0.25, -0.2) is 9.79 Å². The molecule has 2 N–H and O–H groups in total. The first-order valence-electron chi connectivity index (χ1n) is 11.8. The molecule has 2 aliphatic rings. The molecule has 9 nitrogen and oxygen atoms in total. The summed E-state index contributed by atoms with van der Waals surface area (Å²) in [6, 6.07) is 0.199. The number of carbonyl (C=O) groups is 2. The van der Waals surface area contributed by atoms with E-state index in [0.29, 0.717) is 31.8 Å². The molecule has 9 heteroatoms. The highest BCUT2D eigenvalue weighted by Crippen LogP contribution is 2.20. The normalized spacial score (nSPS) is 18.5. The lowest BCUT2D eigenvalue weighted by Crippen LogP contribution is -2.50. The second-order valence-electron chi connectivity index (χ2n) is 8.47. The lowest BCUT2D eigenvalue weighted by Gasteiger charge is -2.32. The third-order valence-electron chi connectivity index (χ3n) is 5.75. The number of rotatable bonds is 9. The summed E-state index contributed by atoms with van der Waals surface area (Å²) in [5.41, 5.74) is 0. The second-order valence-corrected chi connectivity index (χ2v) is 8.47. The van der Waals surface area contributed by atoms with Gasteiger partial charge in [-0.3, -0.25) is 4.79 Å². The Morgan fingerprint density at radius 2 is 1.81 bits per heavy atom. The zero-order valence-electron chi connectivity index (χ0n) is 19.5. The molecule has 0 unspecified atom stereocenters. The number of hydrogen-bond donors (Lipinski definition) is 2. The number of guanidine groups is 1. The summed E-state index contributed by atoms with van der Waals surface area (Å²) in [5.74, 6) is 0.598. The van der Waals surface area contributed by atoms with Crippen molar-refractivity contribution >= 4 is 18.0 Å². The highest BCUT2D eigenvalue weighted by atomic mass is 16.6.